The second-order valence-corrected chi connectivity index (χ2v) is 6.06. The van der Waals surface area contributed by atoms with Gasteiger partial charge in [0.15, 0.2) is 0 Å². The number of amides is 1. The summed E-state index contributed by atoms with van der Waals surface area (Å²) in [6, 6.07) is 7.90. The van der Waals surface area contributed by atoms with Gasteiger partial charge >= 0.3 is 0 Å². The van der Waals surface area contributed by atoms with E-state index in [-0.39, 0.29) is 11.9 Å². The van der Waals surface area contributed by atoms with Crippen LogP contribution in [0.1, 0.15) is 22.5 Å². The molecule has 0 unspecified atom stereocenters. The molecule has 0 bridgehead atoms. The molecule has 1 aliphatic heterocycles. The summed E-state index contributed by atoms with van der Waals surface area (Å²) in [4.78, 5) is 12.9. The van der Waals surface area contributed by atoms with Crippen molar-refractivity contribution < 1.29 is 9.53 Å². The average Bonchev–Trinajstić information content (AvgIpc) is 2.78. The molecule has 0 saturated carbocycles. The van der Waals surface area contributed by atoms with E-state index in [1.807, 2.05) is 24.3 Å². The summed E-state index contributed by atoms with van der Waals surface area (Å²) in [5, 5.41) is 4.49. The van der Waals surface area contributed by atoms with E-state index in [0.717, 1.165) is 29.5 Å². The maximum Gasteiger partial charge on any atom is 0.263 e. The lowest BCUT2D eigenvalue weighted by Crippen LogP contribution is -2.40. The molecule has 1 N–H and O–H groups in total. The van der Waals surface area contributed by atoms with Gasteiger partial charge in [-0.3, -0.25) is 4.79 Å². The van der Waals surface area contributed by atoms with Crippen molar-refractivity contribution in [1.82, 2.24) is 5.32 Å². The number of benzene rings is 1. The van der Waals surface area contributed by atoms with Gasteiger partial charge in [-0.05, 0) is 18.9 Å². The molecule has 0 radical (unpaired) electrons. The summed E-state index contributed by atoms with van der Waals surface area (Å²) in [5.74, 6) is -0.0956. The van der Waals surface area contributed by atoms with E-state index in [2.05, 4.69) is 5.32 Å². The Morgan fingerprint density at radius 2 is 2.26 bits per heavy atom. The Labute approximate surface area is 120 Å². The van der Waals surface area contributed by atoms with Gasteiger partial charge < -0.3 is 10.1 Å². The van der Waals surface area contributed by atoms with Crippen LogP contribution in [0.15, 0.2) is 24.3 Å². The van der Waals surface area contributed by atoms with E-state index in [9.17, 15) is 4.79 Å². The zero-order chi connectivity index (χ0) is 13.2. The first-order chi connectivity index (χ1) is 9.25. The van der Waals surface area contributed by atoms with Crippen LogP contribution in [0.4, 0.5) is 0 Å². The van der Waals surface area contributed by atoms with Gasteiger partial charge in [-0.25, -0.2) is 0 Å². The molecule has 1 saturated heterocycles. The van der Waals surface area contributed by atoms with Crippen molar-refractivity contribution in [3.8, 4) is 0 Å². The fraction of sp³-hybridized carbons (Fsp3) is 0.357. The summed E-state index contributed by atoms with van der Waals surface area (Å²) >= 11 is 7.72. The monoisotopic (exact) mass is 295 g/mol. The second kappa shape index (κ2) is 5.49. The lowest BCUT2D eigenvalue weighted by molar-refractivity contribution is 0.0626. The van der Waals surface area contributed by atoms with Crippen molar-refractivity contribution in [3.05, 3.63) is 34.2 Å². The van der Waals surface area contributed by atoms with Crippen molar-refractivity contribution in [2.24, 2.45) is 0 Å². The van der Waals surface area contributed by atoms with Crippen molar-refractivity contribution >= 4 is 38.9 Å². The van der Waals surface area contributed by atoms with Crippen molar-refractivity contribution in [2.75, 3.05) is 13.2 Å². The molecule has 1 aromatic carbocycles. The number of halogens is 1. The number of fused-ring (bicyclic) bond motifs is 1. The van der Waals surface area contributed by atoms with E-state index in [1.165, 1.54) is 11.3 Å². The van der Waals surface area contributed by atoms with Crippen LogP contribution in [0.25, 0.3) is 10.1 Å². The zero-order valence-corrected chi connectivity index (χ0v) is 11.9. The molecular weight excluding hydrogens is 282 g/mol. The molecule has 1 aliphatic rings. The Balaban J connectivity index is 1.83. The predicted molar refractivity (Wildman–Crippen MR) is 78.1 cm³/mol. The van der Waals surface area contributed by atoms with E-state index < -0.39 is 0 Å². The second-order valence-electron chi connectivity index (χ2n) is 4.63. The number of nitrogens with one attached hydrogen (secondary N) is 1. The van der Waals surface area contributed by atoms with E-state index in [1.54, 1.807) is 0 Å². The average molecular weight is 296 g/mol. The molecule has 1 amide bonds. The molecule has 1 atom stereocenters. The van der Waals surface area contributed by atoms with E-state index in [0.29, 0.717) is 16.5 Å². The quantitative estimate of drug-likeness (QED) is 0.921. The van der Waals surface area contributed by atoms with Crippen LogP contribution < -0.4 is 5.32 Å². The van der Waals surface area contributed by atoms with Gasteiger partial charge in [0.25, 0.3) is 5.91 Å². The number of carbonyl (C=O) groups excluding carboxylic acids is 1. The largest absolute Gasteiger partial charge is 0.379 e. The number of thiophene rings is 1. The first kappa shape index (κ1) is 12.9. The van der Waals surface area contributed by atoms with Gasteiger partial charge in [-0.15, -0.1) is 11.3 Å². The first-order valence-electron chi connectivity index (χ1n) is 6.31. The molecule has 0 spiro atoms. The number of hydrogen-bond donors (Lipinski definition) is 1. The fourth-order valence-electron chi connectivity index (χ4n) is 2.27. The summed E-state index contributed by atoms with van der Waals surface area (Å²) in [7, 11) is 0. The molecule has 100 valence electrons. The first-order valence-corrected chi connectivity index (χ1v) is 7.51. The molecule has 3 nitrogen and oxygen atoms in total. The highest BCUT2D eigenvalue weighted by atomic mass is 35.5. The number of ether oxygens (including phenoxy) is 1. The van der Waals surface area contributed by atoms with Gasteiger partial charge in [0.2, 0.25) is 0 Å². The summed E-state index contributed by atoms with van der Waals surface area (Å²) < 4.78 is 6.40. The SMILES string of the molecule is O=C(N[C@@H]1CCCOC1)c1sc2ccccc2c1Cl. The molecule has 2 aromatic rings. The van der Waals surface area contributed by atoms with Crippen LogP contribution >= 0.6 is 22.9 Å². The minimum absolute atomic E-state index is 0.0956. The van der Waals surface area contributed by atoms with Crippen LogP contribution in [-0.4, -0.2) is 25.2 Å². The van der Waals surface area contributed by atoms with Crippen LogP contribution in [-0.2, 0) is 4.74 Å². The minimum Gasteiger partial charge on any atom is -0.379 e. The smallest absolute Gasteiger partial charge is 0.263 e. The molecular formula is C14H14ClNO2S. The topological polar surface area (TPSA) is 38.3 Å². The van der Waals surface area contributed by atoms with Gasteiger partial charge in [0.05, 0.1) is 17.7 Å². The normalized spacial score (nSPS) is 19.5. The minimum atomic E-state index is -0.0956. The number of rotatable bonds is 2. The van der Waals surface area contributed by atoms with Gasteiger partial charge in [0.1, 0.15) is 4.88 Å². The molecule has 0 aliphatic carbocycles. The third-order valence-electron chi connectivity index (χ3n) is 3.24. The van der Waals surface area contributed by atoms with Crippen LogP contribution in [0, 0.1) is 0 Å². The van der Waals surface area contributed by atoms with Crippen molar-refractivity contribution in [3.63, 3.8) is 0 Å². The fourth-order valence-corrected chi connectivity index (χ4v) is 3.69. The van der Waals surface area contributed by atoms with E-state index >= 15 is 0 Å². The highest BCUT2D eigenvalue weighted by Gasteiger charge is 2.21. The summed E-state index contributed by atoms with van der Waals surface area (Å²) in [6.07, 6.45) is 1.96. The third-order valence-corrected chi connectivity index (χ3v) is 4.91. The van der Waals surface area contributed by atoms with Crippen molar-refractivity contribution in [2.45, 2.75) is 18.9 Å². The maximum atomic E-state index is 12.3. The van der Waals surface area contributed by atoms with Gasteiger partial charge in [-0.1, -0.05) is 29.8 Å². The Hall–Kier alpha value is -1.10. The number of carbonyl (C=O) groups is 1. The molecule has 1 fully saturated rings. The summed E-state index contributed by atoms with van der Waals surface area (Å²) in [5.41, 5.74) is 0. The molecule has 19 heavy (non-hydrogen) atoms. The Morgan fingerprint density at radius 1 is 1.42 bits per heavy atom. The third kappa shape index (κ3) is 2.61. The standard InChI is InChI=1S/C14H14ClNO2S/c15-12-10-5-1-2-6-11(10)19-13(12)14(17)16-9-4-3-7-18-8-9/h1-2,5-6,9H,3-4,7-8H2,(H,16,17)/t9-/m1/s1. The van der Waals surface area contributed by atoms with Crippen LogP contribution in [0.2, 0.25) is 5.02 Å². The number of hydrogen-bond acceptors (Lipinski definition) is 3. The highest BCUT2D eigenvalue weighted by Crippen LogP contribution is 2.35. The maximum absolute atomic E-state index is 12.3. The molecule has 2 heterocycles. The Morgan fingerprint density at radius 3 is 3.00 bits per heavy atom. The predicted octanol–water partition coefficient (Wildman–Crippen LogP) is 3.46. The van der Waals surface area contributed by atoms with Gasteiger partial charge in [0, 0.05) is 16.7 Å². The van der Waals surface area contributed by atoms with E-state index in [4.69, 9.17) is 16.3 Å². The molecule has 5 heteroatoms. The zero-order valence-electron chi connectivity index (χ0n) is 10.3. The van der Waals surface area contributed by atoms with Crippen molar-refractivity contribution in [1.29, 1.82) is 0 Å². The van der Waals surface area contributed by atoms with Gasteiger partial charge in [-0.2, -0.15) is 0 Å². The molecule has 1 aromatic heterocycles. The van der Waals surface area contributed by atoms with Crippen LogP contribution in [0.5, 0.6) is 0 Å². The summed E-state index contributed by atoms with van der Waals surface area (Å²) in [6.45, 7) is 1.38. The Bertz CT molecular complexity index is 605. The lowest BCUT2D eigenvalue weighted by Gasteiger charge is -2.22. The Kier molecular flexibility index (Phi) is 3.73. The molecule has 3 rings (SSSR count). The highest BCUT2D eigenvalue weighted by molar-refractivity contribution is 7.21. The lowest BCUT2D eigenvalue weighted by atomic mass is 10.1. The van der Waals surface area contributed by atoms with Crippen LogP contribution in [0.3, 0.4) is 0 Å².